The van der Waals surface area contributed by atoms with Crippen LogP contribution in [0.4, 0.5) is 0 Å². The number of thioether (sulfide) groups is 1. The molecule has 5 nitrogen and oxygen atoms in total. The molecule has 1 heterocycles. The Morgan fingerprint density at radius 1 is 1.65 bits per heavy atom. The molecule has 0 bridgehead atoms. The Labute approximate surface area is 106 Å². The van der Waals surface area contributed by atoms with Crippen molar-refractivity contribution in [2.75, 3.05) is 12.9 Å². The zero-order valence-corrected chi connectivity index (χ0v) is 11.0. The van der Waals surface area contributed by atoms with Gasteiger partial charge in [0.25, 0.3) is 0 Å². The third-order valence-electron chi connectivity index (χ3n) is 2.59. The lowest BCUT2D eigenvalue weighted by atomic mass is 10.2. The zero-order chi connectivity index (χ0) is 12.7. The topological polar surface area (TPSA) is 67.2 Å². The molecule has 0 aliphatic rings. The van der Waals surface area contributed by atoms with Crippen molar-refractivity contribution in [1.82, 2.24) is 14.9 Å². The molecule has 1 rings (SSSR count). The van der Waals surface area contributed by atoms with E-state index in [1.807, 2.05) is 23.9 Å². The van der Waals surface area contributed by atoms with Crippen molar-refractivity contribution in [2.24, 2.45) is 0 Å². The minimum atomic E-state index is -0.0229. The quantitative estimate of drug-likeness (QED) is 0.746. The predicted octanol–water partition coefficient (Wildman–Crippen LogP) is 0.502. The van der Waals surface area contributed by atoms with Crippen LogP contribution in [0.5, 0.6) is 0 Å². The summed E-state index contributed by atoms with van der Waals surface area (Å²) in [4.78, 5) is 15.6. The first-order valence-corrected chi connectivity index (χ1v) is 6.85. The number of imidazole rings is 1. The number of rotatable bonds is 7. The summed E-state index contributed by atoms with van der Waals surface area (Å²) < 4.78 is 1.86. The maximum Gasteiger partial charge on any atom is 0.222 e. The first-order chi connectivity index (χ1) is 8.17. The molecule has 1 amide bonds. The minimum Gasteiger partial charge on any atom is -0.395 e. The van der Waals surface area contributed by atoms with Gasteiger partial charge in [0.1, 0.15) is 0 Å². The Balaban J connectivity index is 2.29. The van der Waals surface area contributed by atoms with E-state index in [4.69, 9.17) is 5.11 Å². The number of carbonyl (C=O) groups excluding carboxylic acids is 1. The average molecular weight is 257 g/mol. The number of hydrogen-bond donors (Lipinski definition) is 2. The van der Waals surface area contributed by atoms with Crippen molar-refractivity contribution in [3.8, 4) is 0 Å². The molecule has 2 atom stereocenters. The molecule has 0 saturated heterocycles. The second-order valence-corrected chi connectivity index (χ2v) is 4.94. The summed E-state index contributed by atoms with van der Waals surface area (Å²) in [7, 11) is 0. The van der Waals surface area contributed by atoms with Gasteiger partial charge in [-0.15, -0.1) is 0 Å². The van der Waals surface area contributed by atoms with Crippen LogP contribution in [-0.2, 0) is 11.3 Å². The Morgan fingerprint density at radius 2 is 2.41 bits per heavy atom. The number of aromatic nitrogens is 2. The van der Waals surface area contributed by atoms with Crippen LogP contribution in [0.25, 0.3) is 0 Å². The Kier molecular flexibility index (Phi) is 6.07. The highest BCUT2D eigenvalue weighted by Crippen LogP contribution is 2.10. The van der Waals surface area contributed by atoms with Crippen LogP contribution in [0, 0.1) is 0 Å². The van der Waals surface area contributed by atoms with Gasteiger partial charge in [-0.2, -0.15) is 11.8 Å². The number of amides is 1. The molecule has 6 heteroatoms. The standard InChI is InChI=1S/C11H19N3O2S/c1-9(10(7-15)17-2)13-11(16)3-5-14-6-4-12-8-14/h4,6,8-10,15H,3,5,7H2,1-2H3,(H,13,16). The van der Waals surface area contributed by atoms with E-state index in [1.54, 1.807) is 24.3 Å². The molecule has 1 aromatic rings. The highest BCUT2D eigenvalue weighted by atomic mass is 32.2. The summed E-state index contributed by atoms with van der Waals surface area (Å²) in [5.74, 6) is -0.00120. The van der Waals surface area contributed by atoms with Crippen molar-refractivity contribution in [3.63, 3.8) is 0 Å². The monoisotopic (exact) mass is 257 g/mol. The van der Waals surface area contributed by atoms with Crippen molar-refractivity contribution in [1.29, 1.82) is 0 Å². The van der Waals surface area contributed by atoms with E-state index in [-0.39, 0.29) is 23.8 Å². The summed E-state index contributed by atoms with van der Waals surface area (Å²) in [6.07, 6.45) is 7.56. The lowest BCUT2D eigenvalue weighted by Crippen LogP contribution is -2.41. The number of aryl methyl sites for hydroxylation is 1. The van der Waals surface area contributed by atoms with Gasteiger partial charge in [0.05, 0.1) is 12.9 Å². The van der Waals surface area contributed by atoms with E-state index < -0.39 is 0 Å². The van der Waals surface area contributed by atoms with E-state index in [1.165, 1.54) is 0 Å². The van der Waals surface area contributed by atoms with Crippen LogP contribution in [-0.4, -0.2) is 44.7 Å². The summed E-state index contributed by atoms with van der Waals surface area (Å²) in [5.41, 5.74) is 0. The van der Waals surface area contributed by atoms with Gasteiger partial charge in [-0.1, -0.05) is 0 Å². The second kappa shape index (κ2) is 7.34. The van der Waals surface area contributed by atoms with E-state index in [0.29, 0.717) is 13.0 Å². The molecule has 2 unspecified atom stereocenters. The fourth-order valence-electron chi connectivity index (χ4n) is 1.51. The molecule has 2 N–H and O–H groups in total. The Morgan fingerprint density at radius 3 is 2.94 bits per heavy atom. The third kappa shape index (κ3) is 4.79. The molecular weight excluding hydrogens is 238 g/mol. The highest BCUT2D eigenvalue weighted by molar-refractivity contribution is 7.99. The minimum absolute atomic E-state index is 0.00120. The average Bonchev–Trinajstić information content (AvgIpc) is 2.81. The predicted molar refractivity (Wildman–Crippen MR) is 68.8 cm³/mol. The number of nitrogens with one attached hydrogen (secondary N) is 1. The van der Waals surface area contributed by atoms with E-state index in [0.717, 1.165) is 0 Å². The van der Waals surface area contributed by atoms with Crippen molar-refractivity contribution < 1.29 is 9.90 Å². The lowest BCUT2D eigenvalue weighted by molar-refractivity contribution is -0.121. The molecular formula is C11H19N3O2S. The Bertz CT molecular complexity index is 325. The summed E-state index contributed by atoms with van der Waals surface area (Å²) in [6.45, 7) is 2.61. The molecule has 0 aliphatic heterocycles. The first kappa shape index (κ1) is 14.1. The number of aliphatic hydroxyl groups is 1. The van der Waals surface area contributed by atoms with Gasteiger partial charge >= 0.3 is 0 Å². The van der Waals surface area contributed by atoms with Gasteiger partial charge in [-0.3, -0.25) is 4.79 Å². The summed E-state index contributed by atoms with van der Waals surface area (Å²) in [5, 5.41) is 12.0. The fourth-order valence-corrected chi connectivity index (χ4v) is 2.13. The normalized spacial score (nSPS) is 14.3. The van der Waals surface area contributed by atoms with Gasteiger partial charge in [0.15, 0.2) is 0 Å². The molecule has 0 aliphatic carbocycles. The summed E-state index contributed by atoms with van der Waals surface area (Å²) >= 11 is 1.56. The first-order valence-electron chi connectivity index (χ1n) is 5.56. The van der Waals surface area contributed by atoms with Crippen LogP contribution in [0.2, 0.25) is 0 Å². The maximum atomic E-state index is 11.6. The lowest BCUT2D eigenvalue weighted by Gasteiger charge is -2.21. The van der Waals surface area contributed by atoms with E-state index in [9.17, 15) is 4.79 Å². The van der Waals surface area contributed by atoms with Crippen molar-refractivity contribution in [3.05, 3.63) is 18.7 Å². The van der Waals surface area contributed by atoms with Crippen LogP contribution >= 0.6 is 11.8 Å². The van der Waals surface area contributed by atoms with Crippen LogP contribution in [0.15, 0.2) is 18.7 Å². The highest BCUT2D eigenvalue weighted by Gasteiger charge is 2.16. The van der Waals surface area contributed by atoms with Gasteiger partial charge in [0.2, 0.25) is 5.91 Å². The van der Waals surface area contributed by atoms with Gasteiger partial charge in [-0.05, 0) is 13.2 Å². The van der Waals surface area contributed by atoms with Crippen LogP contribution in [0.3, 0.4) is 0 Å². The molecule has 0 spiro atoms. The SMILES string of the molecule is CSC(CO)C(C)NC(=O)CCn1ccnc1. The molecule has 0 saturated carbocycles. The molecule has 0 fully saturated rings. The number of hydrogen-bond acceptors (Lipinski definition) is 4. The fraction of sp³-hybridized carbons (Fsp3) is 0.636. The van der Waals surface area contributed by atoms with Crippen LogP contribution < -0.4 is 5.32 Å². The number of nitrogens with zero attached hydrogens (tertiary/aromatic N) is 2. The second-order valence-electron chi connectivity index (χ2n) is 3.86. The van der Waals surface area contributed by atoms with Crippen molar-refractivity contribution in [2.45, 2.75) is 31.2 Å². The number of aliphatic hydroxyl groups excluding tert-OH is 1. The van der Waals surface area contributed by atoms with Gasteiger partial charge in [-0.25, -0.2) is 4.98 Å². The molecule has 1 aromatic heterocycles. The smallest absolute Gasteiger partial charge is 0.222 e. The Hall–Kier alpha value is -1.01. The number of carbonyl (C=O) groups is 1. The summed E-state index contributed by atoms with van der Waals surface area (Å²) in [6, 6.07) is -0.0229. The van der Waals surface area contributed by atoms with E-state index in [2.05, 4.69) is 10.3 Å². The largest absolute Gasteiger partial charge is 0.395 e. The maximum absolute atomic E-state index is 11.6. The molecule has 0 radical (unpaired) electrons. The van der Waals surface area contributed by atoms with Crippen molar-refractivity contribution >= 4 is 17.7 Å². The van der Waals surface area contributed by atoms with Gasteiger partial charge < -0.3 is 15.0 Å². The molecule has 17 heavy (non-hydrogen) atoms. The van der Waals surface area contributed by atoms with Crippen LogP contribution in [0.1, 0.15) is 13.3 Å². The zero-order valence-electron chi connectivity index (χ0n) is 10.2. The third-order valence-corrected chi connectivity index (χ3v) is 3.75. The molecule has 96 valence electrons. The van der Waals surface area contributed by atoms with E-state index >= 15 is 0 Å². The molecule has 0 aromatic carbocycles. The van der Waals surface area contributed by atoms with Gasteiger partial charge in [0, 0.05) is 36.7 Å².